The second kappa shape index (κ2) is 5.72. The van der Waals surface area contributed by atoms with E-state index in [4.69, 9.17) is 5.26 Å². The fourth-order valence-electron chi connectivity index (χ4n) is 2.52. The zero-order chi connectivity index (χ0) is 13.0. The van der Waals surface area contributed by atoms with Crippen molar-refractivity contribution in [2.75, 3.05) is 0 Å². The van der Waals surface area contributed by atoms with Crippen LogP contribution in [0.2, 0.25) is 0 Å². The standard InChI is InChI=1S/C14H19N3O/c1-11(17-9-5-8-13(17)10-15)14(18)16-12-6-3-2-4-7-12/h5,8-9,11-12H,2-4,6-7H2,1H3,(H,16,18). The van der Waals surface area contributed by atoms with Crippen molar-refractivity contribution in [2.45, 2.75) is 51.1 Å². The van der Waals surface area contributed by atoms with E-state index >= 15 is 0 Å². The van der Waals surface area contributed by atoms with Gasteiger partial charge in [0, 0.05) is 12.2 Å². The molecule has 0 radical (unpaired) electrons. The Morgan fingerprint density at radius 2 is 2.22 bits per heavy atom. The average molecular weight is 245 g/mol. The van der Waals surface area contributed by atoms with Gasteiger partial charge in [-0.2, -0.15) is 5.26 Å². The lowest BCUT2D eigenvalue weighted by Crippen LogP contribution is -2.40. The molecular formula is C14H19N3O. The summed E-state index contributed by atoms with van der Waals surface area (Å²) in [7, 11) is 0. The summed E-state index contributed by atoms with van der Waals surface area (Å²) in [4.78, 5) is 12.1. The Balaban J connectivity index is 1.98. The van der Waals surface area contributed by atoms with Crippen LogP contribution in [0.5, 0.6) is 0 Å². The summed E-state index contributed by atoms with van der Waals surface area (Å²) in [6.07, 6.45) is 7.62. The van der Waals surface area contributed by atoms with Crippen molar-refractivity contribution in [1.82, 2.24) is 9.88 Å². The highest BCUT2D eigenvalue weighted by Crippen LogP contribution is 2.19. The fourth-order valence-corrected chi connectivity index (χ4v) is 2.52. The van der Waals surface area contributed by atoms with Gasteiger partial charge in [0.2, 0.25) is 5.91 Å². The van der Waals surface area contributed by atoms with Crippen molar-refractivity contribution in [3.8, 4) is 6.07 Å². The van der Waals surface area contributed by atoms with E-state index in [2.05, 4.69) is 11.4 Å². The first kappa shape index (κ1) is 12.7. The Morgan fingerprint density at radius 3 is 2.89 bits per heavy atom. The molecule has 1 unspecified atom stereocenters. The summed E-state index contributed by atoms with van der Waals surface area (Å²) < 4.78 is 1.72. The lowest BCUT2D eigenvalue weighted by Gasteiger charge is -2.25. The molecule has 1 aliphatic carbocycles. The Morgan fingerprint density at radius 1 is 1.50 bits per heavy atom. The van der Waals surface area contributed by atoms with Crippen LogP contribution in [0.25, 0.3) is 0 Å². The van der Waals surface area contributed by atoms with E-state index in [9.17, 15) is 4.79 Å². The minimum Gasteiger partial charge on any atom is -0.352 e. The van der Waals surface area contributed by atoms with Gasteiger partial charge < -0.3 is 9.88 Å². The van der Waals surface area contributed by atoms with Crippen molar-refractivity contribution in [2.24, 2.45) is 0 Å². The number of hydrogen-bond acceptors (Lipinski definition) is 2. The molecule has 1 saturated carbocycles. The second-order valence-corrected chi connectivity index (χ2v) is 4.93. The first-order valence-electron chi connectivity index (χ1n) is 6.59. The maximum atomic E-state index is 12.1. The van der Waals surface area contributed by atoms with Crippen LogP contribution in [-0.2, 0) is 4.79 Å². The van der Waals surface area contributed by atoms with Gasteiger partial charge in [0.25, 0.3) is 0 Å². The van der Waals surface area contributed by atoms with Gasteiger partial charge in [-0.3, -0.25) is 4.79 Å². The maximum Gasteiger partial charge on any atom is 0.243 e. The van der Waals surface area contributed by atoms with E-state index in [0.29, 0.717) is 11.7 Å². The molecule has 1 aromatic heterocycles. The van der Waals surface area contributed by atoms with Crippen molar-refractivity contribution < 1.29 is 4.79 Å². The third-order valence-electron chi connectivity index (χ3n) is 3.64. The Kier molecular flexibility index (Phi) is 4.03. The van der Waals surface area contributed by atoms with Crippen LogP contribution in [0.15, 0.2) is 18.3 Å². The van der Waals surface area contributed by atoms with Gasteiger partial charge in [0.15, 0.2) is 0 Å². The molecule has 4 heteroatoms. The van der Waals surface area contributed by atoms with Crippen LogP contribution in [0.1, 0.15) is 50.8 Å². The van der Waals surface area contributed by atoms with Gasteiger partial charge in [-0.05, 0) is 31.9 Å². The highest BCUT2D eigenvalue weighted by Gasteiger charge is 2.21. The summed E-state index contributed by atoms with van der Waals surface area (Å²) in [6.45, 7) is 1.83. The normalized spacial score (nSPS) is 18.0. The molecule has 1 atom stereocenters. The molecule has 0 aromatic carbocycles. The van der Waals surface area contributed by atoms with Crippen molar-refractivity contribution >= 4 is 5.91 Å². The van der Waals surface area contributed by atoms with E-state index in [-0.39, 0.29) is 11.9 Å². The first-order valence-corrected chi connectivity index (χ1v) is 6.59. The summed E-state index contributed by atoms with van der Waals surface area (Å²) in [5, 5.41) is 12.0. The van der Waals surface area contributed by atoms with Gasteiger partial charge in [-0.1, -0.05) is 19.3 Å². The number of hydrogen-bond donors (Lipinski definition) is 1. The summed E-state index contributed by atoms with van der Waals surface area (Å²) >= 11 is 0. The molecule has 1 fully saturated rings. The van der Waals surface area contributed by atoms with E-state index in [1.807, 2.05) is 6.92 Å². The molecule has 1 N–H and O–H groups in total. The van der Waals surface area contributed by atoms with Crippen LogP contribution >= 0.6 is 0 Å². The number of amides is 1. The van der Waals surface area contributed by atoms with E-state index in [0.717, 1.165) is 12.8 Å². The third-order valence-corrected chi connectivity index (χ3v) is 3.64. The van der Waals surface area contributed by atoms with Crippen LogP contribution in [0.4, 0.5) is 0 Å². The largest absolute Gasteiger partial charge is 0.352 e. The topological polar surface area (TPSA) is 57.8 Å². The van der Waals surface area contributed by atoms with E-state index in [1.165, 1.54) is 19.3 Å². The molecule has 1 aliphatic rings. The molecule has 2 rings (SSSR count). The SMILES string of the molecule is CC(C(=O)NC1CCCCC1)n1cccc1C#N. The highest BCUT2D eigenvalue weighted by molar-refractivity contribution is 5.80. The quantitative estimate of drug-likeness (QED) is 0.888. The van der Waals surface area contributed by atoms with Gasteiger partial charge >= 0.3 is 0 Å². The number of aromatic nitrogens is 1. The minimum atomic E-state index is -0.323. The van der Waals surface area contributed by atoms with Gasteiger partial charge in [0.05, 0.1) is 0 Å². The first-order chi connectivity index (χ1) is 8.72. The summed E-state index contributed by atoms with van der Waals surface area (Å²) in [6, 6.07) is 5.61. The fraction of sp³-hybridized carbons (Fsp3) is 0.571. The smallest absolute Gasteiger partial charge is 0.243 e. The Bertz CT molecular complexity index is 452. The average Bonchev–Trinajstić information content (AvgIpc) is 2.87. The molecule has 0 bridgehead atoms. The molecule has 1 heterocycles. The number of rotatable bonds is 3. The summed E-state index contributed by atoms with van der Waals surface area (Å²) in [5.74, 6) is 0.00889. The van der Waals surface area contributed by atoms with E-state index < -0.39 is 0 Å². The minimum absolute atomic E-state index is 0.00889. The van der Waals surface area contributed by atoms with Crippen molar-refractivity contribution in [3.05, 3.63) is 24.0 Å². The number of carbonyl (C=O) groups is 1. The molecule has 4 nitrogen and oxygen atoms in total. The lowest BCUT2D eigenvalue weighted by atomic mass is 9.95. The maximum absolute atomic E-state index is 12.1. The van der Waals surface area contributed by atoms with Crippen molar-refractivity contribution in [3.63, 3.8) is 0 Å². The predicted molar refractivity (Wildman–Crippen MR) is 68.9 cm³/mol. The third kappa shape index (κ3) is 2.73. The van der Waals surface area contributed by atoms with Crippen LogP contribution in [0, 0.1) is 11.3 Å². The molecule has 0 aliphatic heterocycles. The number of nitriles is 1. The molecule has 0 saturated heterocycles. The number of nitrogens with zero attached hydrogens (tertiary/aromatic N) is 2. The molecule has 1 amide bonds. The van der Waals surface area contributed by atoms with Crippen LogP contribution in [0.3, 0.4) is 0 Å². The van der Waals surface area contributed by atoms with Crippen LogP contribution < -0.4 is 5.32 Å². The highest BCUT2D eigenvalue weighted by atomic mass is 16.2. The summed E-state index contributed by atoms with van der Waals surface area (Å²) in [5.41, 5.74) is 0.529. The Labute approximate surface area is 108 Å². The molecule has 1 aromatic rings. The predicted octanol–water partition coefficient (Wildman–Crippen LogP) is 2.37. The lowest BCUT2D eigenvalue weighted by molar-refractivity contribution is -0.124. The Hall–Kier alpha value is -1.76. The molecule has 0 spiro atoms. The zero-order valence-corrected chi connectivity index (χ0v) is 10.7. The number of nitrogens with one attached hydrogen (secondary N) is 1. The molecule has 18 heavy (non-hydrogen) atoms. The number of carbonyl (C=O) groups excluding carboxylic acids is 1. The zero-order valence-electron chi connectivity index (χ0n) is 10.7. The molecular weight excluding hydrogens is 226 g/mol. The van der Waals surface area contributed by atoms with Crippen molar-refractivity contribution in [1.29, 1.82) is 5.26 Å². The molecule has 96 valence electrons. The van der Waals surface area contributed by atoms with E-state index in [1.54, 1.807) is 22.9 Å². The van der Waals surface area contributed by atoms with Gasteiger partial charge in [0.1, 0.15) is 17.8 Å². The monoisotopic (exact) mass is 245 g/mol. The second-order valence-electron chi connectivity index (χ2n) is 4.93. The van der Waals surface area contributed by atoms with Gasteiger partial charge in [-0.25, -0.2) is 0 Å². The van der Waals surface area contributed by atoms with Gasteiger partial charge in [-0.15, -0.1) is 0 Å². The van der Waals surface area contributed by atoms with Crippen LogP contribution in [-0.4, -0.2) is 16.5 Å².